The van der Waals surface area contributed by atoms with Gasteiger partial charge in [0, 0.05) is 19.4 Å². The van der Waals surface area contributed by atoms with E-state index in [2.05, 4.69) is 4.74 Å². The third-order valence-corrected chi connectivity index (χ3v) is 10.6. The van der Waals surface area contributed by atoms with Gasteiger partial charge in [0.2, 0.25) is 0 Å². The van der Waals surface area contributed by atoms with Gasteiger partial charge in [0.05, 0.1) is 44.0 Å². The molecule has 1 aromatic rings. The summed E-state index contributed by atoms with van der Waals surface area (Å²) >= 11 is 0. The van der Waals surface area contributed by atoms with Gasteiger partial charge in [-0.15, -0.1) is 0 Å². The lowest BCUT2D eigenvalue weighted by Gasteiger charge is -2.47. The van der Waals surface area contributed by atoms with E-state index in [1.165, 1.54) is 33.1 Å². The molecule has 5 rings (SSSR count). The largest absolute Gasteiger partial charge is 0.469 e. The highest BCUT2D eigenvalue weighted by molar-refractivity contribution is 6.21. The van der Waals surface area contributed by atoms with Crippen LogP contribution in [0.4, 0.5) is 0 Å². The van der Waals surface area contributed by atoms with Crippen molar-refractivity contribution >= 4 is 29.5 Å². The highest BCUT2D eigenvalue weighted by atomic mass is 16.8. The van der Waals surface area contributed by atoms with Crippen LogP contribution in [-0.4, -0.2) is 189 Å². The number of unbranched alkanes of at least 4 members (excludes halogenated alkanes) is 2. The molecule has 4 aliphatic rings. The van der Waals surface area contributed by atoms with Crippen LogP contribution in [0.5, 0.6) is 0 Å². The number of rotatable bonds is 18. The van der Waals surface area contributed by atoms with Crippen molar-refractivity contribution in [3.63, 3.8) is 0 Å². The molecular weight excluding hydrogens is 790 g/mol. The maximum Gasteiger partial charge on any atom is 0.306 e. The number of aliphatic hydroxyl groups excluding tert-OH is 7. The lowest BCUT2D eigenvalue weighted by atomic mass is 9.95. The first-order valence-electron chi connectivity index (χ1n) is 19.4. The Kier molecular flexibility index (Phi) is 16.4. The molecule has 3 saturated heterocycles. The van der Waals surface area contributed by atoms with E-state index < -0.39 is 129 Å². The van der Waals surface area contributed by atoms with Gasteiger partial charge in [0.25, 0.3) is 11.8 Å². The normalized spacial score (nSPS) is 36.0. The van der Waals surface area contributed by atoms with Gasteiger partial charge in [-0.2, -0.15) is 0 Å². The number of hydrogen-bond acceptors (Lipinski definition) is 20. The summed E-state index contributed by atoms with van der Waals surface area (Å²) in [6.07, 6.45) is -22.3. The Bertz CT molecular complexity index is 1590. The maximum atomic E-state index is 13.5. The number of esters is 2. The second-order valence-corrected chi connectivity index (χ2v) is 14.8. The van der Waals surface area contributed by atoms with E-state index in [4.69, 9.17) is 33.2 Å². The molecule has 21 nitrogen and oxygen atoms in total. The summed E-state index contributed by atoms with van der Waals surface area (Å²) in [4.78, 5) is 63.4. The fraction of sp³-hybridized carbons (Fsp3) is 0.711. The van der Waals surface area contributed by atoms with E-state index in [1.54, 1.807) is 12.1 Å². The molecule has 15 atom stereocenters. The second-order valence-electron chi connectivity index (χ2n) is 14.8. The summed E-state index contributed by atoms with van der Waals surface area (Å²) in [5.74, 6) is -3.16. The lowest BCUT2D eigenvalue weighted by molar-refractivity contribution is -0.370. The van der Waals surface area contributed by atoms with Gasteiger partial charge < -0.3 is 78.4 Å². The molecule has 0 radical (unpaired) electrons. The topological polar surface area (TPSA) is 304 Å². The number of nitrogens with zero attached hydrogens (tertiary/aromatic N) is 1. The van der Waals surface area contributed by atoms with Crippen LogP contribution in [0.2, 0.25) is 0 Å². The summed E-state index contributed by atoms with van der Waals surface area (Å²) < 4.78 is 45.3. The third-order valence-electron chi connectivity index (χ3n) is 10.6. The SMILES string of the molecule is COC(=O)CCCCCO[C@@H]1O[C@H](CO[C@H]2O[C@H](CO)[C@H](OC(=O)CCC(C)=O)[C@H](O)[C@H]2O[C@@H]2O[C@@H](C)[C@@H](O)[C@@H](O)[C@@H]2O)[C@@H](O)[C@H](O)[C@H]1N1C(=O)c2ccccc2C1=O. The van der Waals surface area contributed by atoms with Crippen LogP contribution >= 0.6 is 0 Å². The van der Waals surface area contributed by atoms with Crippen molar-refractivity contribution in [2.24, 2.45) is 0 Å². The summed E-state index contributed by atoms with van der Waals surface area (Å²) in [6.45, 7) is 1.07. The van der Waals surface area contributed by atoms with Gasteiger partial charge in [-0.1, -0.05) is 18.6 Å². The van der Waals surface area contributed by atoms with Crippen molar-refractivity contribution in [3.05, 3.63) is 35.4 Å². The number of Topliss-reactive ketones (excluding diaryl/α,β-unsaturated/α-hetero) is 1. The zero-order valence-electron chi connectivity index (χ0n) is 32.7. The Labute approximate surface area is 338 Å². The number of carbonyl (C=O) groups excluding carboxylic acids is 5. The second kappa shape index (κ2) is 20.8. The van der Waals surface area contributed by atoms with Crippen molar-refractivity contribution in [2.45, 2.75) is 144 Å². The molecule has 2 amide bonds. The maximum absolute atomic E-state index is 13.5. The number of imide groups is 1. The molecule has 0 spiro atoms. The molecule has 330 valence electrons. The number of hydrogen-bond donors (Lipinski definition) is 7. The Balaban J connectivity index is 1.36. The van der Waals surface area contributed by atoms with Crippen LogP contribution in [0.25, 0.3) is 0 Å². The smallest absolute Gasteiger partial charge is 0.306 e. The van der Waals surface area contributed by atoms with Crippen molar-refractivity contribution in [1.29, 1.82) is 0 Å². The standard InChI is InChI=1S/C38H53NO20/c1-17(41)12-13-24(43)58-32-21(15-40)56-38(33(31(32)49)59-37-30(48)29(47)26(44)18(2)55-37)54-16-22-27(45)28(46)25(36(57-22)53-14-8-4-5-11-23(42)52-3)39-34(50)19-9-6-7-10-20(19)35(39)51/h6-7,9-10,18,21-22,25-33,36-38,40,44-49H,4-5,8,11-16H2,1-3H3/t18-,21+,22+,25+,26+,27+,28+,29+,30-,31-,32-,33+,36+,37-,38-/m0/s1. The predicted molar refractivity (Wildman–Crippen MR) is 193 cm³/mol. The van der Waals surface area contributed by atoms with Crippen molar-refractivity contribution in [2.75, 3.05) is 26.9 Å². The van der Waals surface area contributed by atoms with Gasteiger partial charge in [0.1, 0.15) is 66.8 Å². The number of methoxy groups -OCH3 is 1. The Morgan fingerprint density at radius 3 is 1.98 bits per heavy atom. The predicted octanol–water partition coefficient (Wildman–Crippen LogP) is -2.56. The number of amides is 2. The molecule has 21 heteroatoms. The minimum absolute atomic E-state index is 0.0386. The molecule has 59 heavy (non-hydrogen) atoms. The van der Waals surface area contributed by atoms with E-state index in [1.807, 2.05) is 0 Å². The monoisotopic (exact) mass is 843 g/mol. The van der Waals surface area contributed by atoms with Gasteiger partial charge in [-0.3, -0.25) is 24.1 Å². The number of ether oxygens (including phenoxy) is 8. The molecule has 1 aromatic carbocycles. The van der Waals surface area contributed by atoms with Gasteiger partial charge in [0.15, 0.2) is 25.0 Å². The highest BCUT2D eigenvalue weighted by Crippen LogP contribution is 2.35. The summed E-state index contributed by atoms with van der Waals surface area (Å²) in [7, 11) is 1.27. The molecule has 0 aromatic heterocycles. The number of ketones is 1. The number of carbonyl (C=O) groups is 5. The Hall–Kier alpha value is -3.55. The van der Waals surface area contributed by atoms with Crippen molar-refractivity contribution in [3.8, 4) is 0 Å². The summed E-state index contributed by atoms with van der Waals surface area (Å²) in [5.41, 5.74) is 0.130. The van der Waals surface area contributed by atoms with Crippen LogP contribution in [0.1, 0.15) is 73.1 Å². The van der Waals surface area contributed by atoms with Crippen LogP contribution in [0, 0.1) is 0 Å². The fourth-order valence-corrected chi connectivity index (χ4v) is 7.22. The van der Waals surface area contributed by atoms with Crippen LogP contribution in [-0.2, 0) is 52.3 Å². The zero-order valence-corrected chi connectivity index (χ0v) is 32.7. The molecule has 4 heterocycles. The Morgan fingerprint density at radius 1 is 0.695 bits per heavy atom. The molecule has 0 aliphatic carbocycles. The summed E-state index contributed by atoms with van der Waals surface area (Å²) in [5, 5.41) is 76.1. The first kappa shape index (κ1) is 46.5. The molecule has 0 unspecified atom stereocenters. The molecule has 0 saturated carbocycles. The first-order chi connectivity index (χ1) is 28.1. The molecule has 3 fully saturated rings. The van der Waals surface area contributed by atoms with E-state index in [-0.39, 0.29) is 42.8 Å². The molecule has 0 bridgehead atoms. The van der Waals surface area contributed by atoms with Gasteiger partial charge in [-0.25, -0.2) is 0 Å². The quantitative estimate of drug-likeness (QED) is 0.0454. The first-order valence-corrected chi connectivity index (χ1v) is 19.4. The average molecular weight is 844 g/mol. The van der Waals surface area contributed by atoms with E-state index >= 15 is 0 Å². The Morgan fingerprint density at radius 2 is 1.36 bits per heavy atom. The number of fused-ring (bicyclic) bond motifs is 1. The van der Waals surface area contributed by atoms with Crippen molar-refractivity contribution in [1.82, 2.24) is 4.90 Å². The zero-order chi connectivity index (χ0) is 43.1. The minimum Gasteiger partial charge on any atom is -0.469 e. The average Bonchev–Trinajstić information content (AvgIpc) is 3.47. The molecule has 4 aliphatic heterocycles. The van der Waals surface area contributed by atoms with E-state index in [0.717, 1.165) is 4.90 Å². The van der Waals surface area contributed by atoms with Gasteiger partial charge >= 0.3 is 11.9 Å². The van der Waals surface area contributed by atoms with Crippen molar-refractivity contribution < 1.29 is 97.6 Å². The highest BCUT2D eigenvalue weighted by Gasteiger charge is 2.55. The van der Waals surface area contributed by atoms with E-state index in [0.29, 0.717) is 19.3 Å². The minimum atomic E-state index is -1.90. The number of benzene rings is 1. The third kappa shape index (κ3) is 10.7. The molecule has 7 N–H and O–H groups in total. The molecular formula is C38H53NO20. The van der Waals surface area contributed by atoms with Gasteiger partial charge in [-0.05, 0) is 38.8 Å². The number of aliphatic hydroxyl groups is 7. The summed E-state index contributed by atoms with van der Waals surface area (Å²) in [6, 6.07) is 4.43. The van der Waals surface area contributed by atoms with Crippen LogP contribution in [0.3, 0.4) is 0 Å². The fourth-order valence-electron chi connectivity index (χ4n) is 7.22. The van der Waals surface area contributed by atoms with Crippen LogP contribution in [0.15, 0.2) is 24.3 Å². The van der Waals surface area contributed by atoms with E-state index in [9.17, 15) is 59.7 Å². The van der Waals surface area contributed by atoms with Crippen LogP contribution < -0.4 is 0 Å². The lowest BCUT2D eigenvalue weighted by Crippen LogP contribution is -2.67.